The summed E-state index contributed by atoms with van der Waals surface area (Å²) in [5, 5.41) is 5.26. The Bertz CT molecular complexity index is 340. The zero-order valence-corrected chi connectivity index (χ0v) is 9.29. The third kappa shape index (κ3) is 4.27. The predicted molar refractivity (Wildman–Crippen MR) is 59.9 cm³/mol. The molecule has 16 heavy (non-hydrogen) atoms. The maximum atomic E-state index is 12.6. The van der Waals surface area contributed by atoms with E-state index in [1.54, 1.807) is 7.11 Å². The molecule has 2 amide bonds. The van der Waals surface area contributed by atoms with Gasteiger partial charge in [-0.3, -0.25) is 0 Å². The van der Waals surface area contributed by atoms with Gasteiger partial charge in [-0.1, -0.05) is 0 Å². The van der Waals surface area contributed by atoms with E-state index in [0.717, 1.165) is 0 Å². The van der Waals surface area contributed by atoms with E-state index in [1.807, 2.05) is 6.92 Å². The van der Waals surface area contributed by atoms with Gasteiger partial charge in [0.25, 0.3) is 0 Å². The Morgan fingerprint density at radius 1 is 1.44 bits per heavy atom. The van der Waals surface area contributed by atoms with Gasteiger partial charge in [0.05, 0.1) is 12.6 Å². The molecule has 0 spiro atoms. The molecule has 2 N–H and O–H groups in total. The fraction of sp³-hybridized carbons (Fsp3) is 0.364. The number of hydrogen-bond acceptors (Lipinski definition) is 2. The topological polar surface area (TPSA) is 50.4 Å². The van der Waals surface area contributed by atoms with Gasteiger partial charge < -0.3 is 15.4 Å². The zero-order chi connectivity index (χ0) is 12.0. The summed E-state index contributed by atoms with van der Waals surface area (Å²) in [5.74, 6) is -0.335. The molecule has 88 valence electrons. The number of methoxy groups -OCH3 is 1. The summed E-state index contributed by atoms with van der Waals surface area (Å²) in [6.45, 7) is 2.27. The average Bonchev–Trinajstić information content (AvgIpc) is 2.21. The minimum atomic E-state index is -0.337. The number of ether oxygens (including phenoxy) is 1. The first kappa shape index (κ1) is 12.4. The van der Waals surface area contributed by atoms with Gasteiger partial charge in [0.15, 0.2) is 0 Å². The monoisotopic (exact) mass is 226 g/mol. The van der Waals surface area contributed by atoms with Crippen molar-refractivity contribution in [2.45, 2.75) is 13.0 Å². The molecule has 0 heterocycles. The summed E-state index contributed by atoms with van der Waals surface area (Å²) in [6, 6.07) is 5.15. The van der Waals surface area contributed by atoms with Crippen LogP contribution in [0.25, 0.3) is 0 Å². The van der Waals surface area contributed by atoms with Crippen molar-refractivity contribution in [1.29, 1.82) is 0 Å². The molecule has 1 unspecified atom stereocenters. The van der Waals surface area contributed by atoms with E-state index >= 15 is 0 Å². The standard InChI is InChI=1S/C11H15FN2O2/c1-8(7-16-2)13-11(15)14-10-5-3-9(12)4-6-10/h3-6,8H,7H2,1-2H3,(H2,13,14,15). The molecule has 0 saturated heterocycles. The summed E-state index contributed by atoms with van der Waals surface area (Å²) in [5.41, 5.74) is 0.545. The Morgan fingerprint density at radius 2 is 2.06 bits per heavy atom. The third-order valence-electron chi connectivity index (χ3n) is 1.90. The normalized spacial score (nSPS) is 11.9. The second-order valence-corrected chi connectivity index (χ2v) is 3.46. The molecule has 0 aliphatic heterocycles. The van der Waals surface area contributed by atoms with Crippen LogP contribution < -0.4 is 10.6 Å². The number of halogens is 1. The van der Waals surface area contributed by atoms with Gasteiger partial charge in [-0.05, 0) is 31.2 Å². The van der Waals surface area contributed by atoms with Crippen molar-refractivity contribution < 1.29 is 13.9 Å². The zero-order valence-electron chi connectivity index (χ0n) is 9.29. The molecule has 0 aliphatic carbocycles. The van der Waals surface area contributed by atoms with Crippen LogP contribution in [-0.2, 0) is 4.74 Å². The minimum absolute atomic E-state index is 0.0783. The molecule has 0 aromatic heterocycles. The average molecular weight is 226 g/mol. The maximum absolute atomic E-state index is 12.6. The van der Waals surface area contributed by atoms with Crippen molar-refractivity contribution in [3.63, 3.8) is 0 Å². The van der Waals surface area contributed by atoms with E-state index in [1.165, 1.54) is 24.3 Å². The minimum Gasteiger partial charge on any atom is -0.383 e. The summed E-state index contributed by atoms with van der Waals surface area (Å²) < 4.78 is 17.5. The number of nitrogens with one attached hydrogen (secondary N) is 2. The summed E-state index contributed by atoms with van der Waals surface area (Å²) in [4.78, 5) is 11.4. The Morgan fingerprint density at radius 3 is 2.62 bits per heavy atom. The van der Waals surface area contributed by atoms with Gasteiger partial charge in [-0.25, -0.2) is 9.18 Å². The molecular formula is C11H15FN2O2. The van der Waals surface area contributed by atoms with Crippen LogP contribution >= 0.6 is 0 Å². The SMILES string of the molecule is COCC(C)NC(=O)Nc1ccc(F)cc1. The van der Waals surface area contributed by atoms with Crippen LogP contribution in [0.5, 0.6) is 0 Å². The highest BCUT2D eigenvalue weighted by molar-refractivity contribution is 5.89. The van der Waals surface area contributed by atoms with Crippen molar-refractivity contribution in [2.24, 2.45) is 0 Å². The van der Waals surface area contributed by atoms with Crippen LogP contribution in [0, 0.1) is 5.82 Å². The second kappa shape index (κ2) is 6.07. The number of benzene rings is 1. The van der Waals surface area contributed by atoms with Crippen LogP contribution in [-0.4, -0.2) is 25.8 Å². The summed E-state index contributed by atoms with van der Waals surface area (Å²) in [7, 11) is 1.57. The molecule has 1 aromatic rings. The summed E-state index contributed by atoms with van der Waals surface area (Å²) in [6.07, 6.45) is 0. The van der Waals surface area contributed by atoms with Gasteiger partial charge in [-0.2, -0.15) is 0 Å². The highest BCUT2D eigenvalue weighted by atomic mass is 19.1. The lowest BCUT2D eigenvalue weighted by Gasteiger charge is -2.13. The van der Waals surface area contributed by atoms with Crippen LogP contribution in [0.2, 0.25) is 0 Å². The van der Waals surface area contributed by atoms with Crippen molar-refractivity contribution in [3.8, 4) is 0 Å². The lowest BCUT2D eigenvalue weighted by atomic mass is 10.3. The van der Waals surface area contributed by atoms with Crippen molar-refractivity contribution in [1.82, 2.24) is 5.32 Å². The first-order valence-corrected chi connectivity index (χ1v) is 4.94. The third-order valence-corrected chi connectivity index (χ3v) is 1.90. The molecule has 0 bridgehead atoms. The number of carbonyl (C=O) groups excluding carboxylic acids is 1. The first-order chi connectivity index (χ1) is 7.61. The number of rotatable bonds is 4. The molecule has 1 rings (SSSR count). The predicted octanol–water partition coefficient (Wildman–Crippen LogP) is 1.98. The van der Waals surface area contributed by atoms with Gasteiger partial charge in [0.1, 0.15) is 5.82 Å². The second-order valence-electron chi connectivity index (χ2n) is 3.46. The largest absolute Gasteiger partial charge is 0.383 e. The molecule has 0 aliphatic rings. The highest BCUT2D eigenvalue weighted by Crippen LogP contribution is 2.07. The molecule has 0 fully saturated rings. The van der Waals surface area contributed by atoms with E-state index < -0.39 is 0 Å². The molecular weight excluding hydrogens is 211 g/mol. The quantitative estimate of drug-likeness (QED) is 0.824. The molecule has 5 heteroatoms. The van der Waals surface area contributed by atoms with Gasteiger partial charge in [0.2, 0.25) is 0 Å². The van der Waals surface area contributed by atoms with E-state index in [-0.39, 0.29) is 17.9 Å². The molecule has 1 atom stereocenters. The van der Waals surface area contributed by atoms with Gasteiger partial charge in [0, 0.05) is 12.8 Å². The smallest absolute Gasteiger partial charge is 0.319 e. The molecule has 0 radical (unpaired) electrons. The lowest BCUT2D eigenvalue weighted by Crippen LogP contribution is -2.38. The Kier molecular flexibility index (Phi) is 4.72. The van der Waals surface area contributed by atoms with Crippen LogP contribution in [0.15, 0.2) is 24.3 Å². The Balaban J connectivity index is 2.42. The van der Waals surface area contributed by atoms with Crippen molar-refractivity contribution >= 4 is 11.7 Å². The Hall–Kier alpha value is -1.62. The lowest BCUT2D eigenvalue weighted by molar-refractivity contribution is 0.173. The van der Waals surface area contributed by atoms with E-state index in [4.69, 9.17) is 4.74 Å². The van der Waals surface area contributed by atoms with E-state index in [2.05, 4.69) is 10.6 Å². The van der Waals surface area contributed by atoms with E-state index in [9.17, 15) is 9.18 Å². The number of anilines is 1. The highest BCUT2D eigenvalue weighted by Gasteiger charge is 2.06. The van der Waals surface area contributed by atoms with Crippen molar-refractivity contribution in [2.75, 3.05) is 19.0 Å². The van der Waals surface area contributed by atoms with Crippen molar-refractivity contribution in [3.05, 3.63) is 30.1 Å². The van der Waals surface area contributed by atoms with Gasteiger partial charge >= 0.3 is 6.03 Å². The fourth-order valence-electron chi connectivity index (χ4n) is 1.22. The van der Waals surface area contributed by atoms with Gasteiger partial charge in [-0.15, -0.1) is 0 Å². The number of amides is 2. The number of carbonyl (C=O) groups is 1. The molecule has 0 saturated carbocycles. The molecule has 1 aromatic carbocycles. The first-order valence-electron chi connectivity index (χ1n) is 4.94. The molecule has 4 nitrogen and oxygen atoms in total. The maximum Gasteiger partial charge on any atom is 0.319 e. The fourth-order valence-corrected chi connectivity index (χ4v) is 1.22. The Labute approximate surface area is 93.8 Å². The van der Waals surface area contributed by atoms with Crippen LogP contribution in [0.3, 0.4) is 0 Å². The number of hydrogen-bond donors (Lipinski definition) is 2. The number of urea groups is 1. The summed E-state index contributed by atoms with van der Waals surface area (Å²) >= 11 is 0. The van der Waals surface area contributed by atoms with Crippen LogP contribution in [0.1, 0.15) is 6.92 Å². The van der Waals surface area contributed by atoms with E-state index in [0.29, 0.717) is 12.3 Å². The van der Waals surface area contributed by atoms with Crippen LogP contribution in [0.4, 0.5) is 14.9 Å².